The van der Waals surface area contributed by atoms with Gasteiger partial charge in [-0.05, 0) is 12.1 Å². The van der Waals surface area contributed by atoms with Gasteiger partial charge in [0.1, 0.15) is 0 Å². The van der Waals surface area contributed by atoms with Crippen LogP contribution in [0.3, 0.4) is 0 Å². The van der Waals surface area contributed by atoms with E-state index < -0.39 is 10.3 Å². The molecule has 7 nitrogen and oxygen atoms in total. The lowest BCUT2D eigenvalue weighted by atomic mass is 10.1. The summed E-state index contributed by atoms with van der Waals surface area (Å²) in [6, 6.07) is 4.55. The molecule has 1 aromatic carbocycles. The summed E-state index contributed by atoms with van der Waals surface area (Å²) in [7, 11) is -1.36. The monoisotopic (exact) mass is 284 g/mol. The molecule has 0 heterocycles. The highest BCUT2D eigenvalue weighted by Crippen LogP contribution is 2.35. The number of rotatable bonds is 5. The second kappa shape index (κ2) is 6.08. The van der Waals surface area contributed by atoms with Gasteiger partial charge in [-0.25, -0.2) is 0 Å². The van der Waals surface area contributed by atoms with E-state index in [9.17, 15) is 8.42 Å². The van der Waals surface area contributed by atoms with Crippen molar-refractivity contribution in [3.63, 3.8) is 0 Å². The SMILES string of the molecule is COc1cc(/C=C/C#N)c(OS(N)(=O)=O)cc1OC. The maximum atomic E-state index is 11.0. The van der Waals surface area contributed by atoms with Crippen LogP contribution in [0.4, 0.5) is 0 Å². The number of benzene rings is 1. The van der Waals surface area contributed by atoms with Gasteiger partial charge >= 0.3 is 10.3 Å². The molecule has 0 spiro atoms. The quantitative estimate of drug-likeness (QED) is 0.801. The summed E-state index contributed by atoms with van der Waals surface area (Å²) in [6.45, 7) is 0. The third-order valence-electron chi connectivity index (χ3n) is 2.06. The predicted molar refractivity (Wildman–Crippen MR) is 67.9 cm³/mol. The van der Waals surface area contributed by atoms with Crippen molar-refractivity contribution in [1.29, 1.82) is 5.26 Å². The molecule has 0 unspecified atom stereocenters. The van der Waals surface area contributed by atoms with Gasteiger partial charge < -0.3 is 13.7 Å². The van der Waals surface area contributed by atoms with Crippen LogP contribution in [-0.4, -0.2) is 22.6 Å². The minimum absolute atomic E-state index is 0.0633. The highest BCUT2D eigenvalue weighted by atomic mass is 32.2. The number of hydrogen-bond acceptors (Lipinski definition) is 6. The summed E-state index contributed by atoms with van der Waals surface area (Å²) in [5.74, 6) is 0.573. The smallest absolute Gasteiger partial charge is 0.380 e. The molecule has 0 aliphatic carbocycles. The summed E-state index contributed by atoms with van der Waals surface area (Å²) in [5, 5.41) is 13.3. The number of ether oxygens (including phenoxy) is 2. The number of allylic oxidation sites excluding steroid dienone is 1. The third kappa shape index (κ3) is 4.17. The molecule has 0 radical (unpaired) electrons. The molecular formula is C11H12N2O5S. The third-order valence-corrected chi connectivity index (χ3v) is 2.47. The van der Waals surface area contributed by atoms with Gasteiger partial charge in [0.2, 0.25) is 0 Å². The largest absolute Gasteiger partial charge is 0.493 e. The minimum atomic E-state index is -4.18. The zero-order chi connectivity index (χ0) is 14.5. The van der Waals surface area contributed by atoms with Crippen molar-refractivity contribution in [2.45, 2.75) is 0 Å². The van der Waals surface area contributed by atoms with Crippen LogP contribution >= 0.6 is 0 Å². The fourth-order valence-electron chi connectivity index (χ4n) is 1.33. The van der Waals surface area contributed by atoms with Crippen molar-refractivity contribution < 1.29 is 22.1 Å². The molecule has 1 aromatic rings. The fourth-order valence-corrected chi connectivity index (χ4v) is 1.73. The summed E-state index contributed by atoms with van der Waals surface area (Å²) in [5.41, 5.74) is 0.313. The van der Waals surface area contributed by atoms with Crippen LogP contribution in [0.15, 0.2) is 18.2 Å². The lowest BCUT2D eigenvalue weighted by Gasteiger charge is -2.12. The highest BCUT2D eigenvalue weighted by Gasteiger charge is 2.14. The summed E-state index contributed by atoms with van der Waals surface area (Å²) in [6.07, 6.45) is 2.53. The van der Waals surface area contributed by atoms with E-state index >= 15 is 0 Å². The van der Waals surface area contributed by atoms with Crippen LogP contribution in [0.1, 0.15) is 5.56 Å². The molecule has 0 amide bonds. The molecule has 0 aliphatic rings. The lowest BCUT2D eigenvalue weighted by molar-refractivity contribution is 0.353. The summed E-state index contributed by atoms with van der Waals surface area (Å²) in [4.78, 5) is 0. The maximum absolute atomic E-state index is 11.0. The molecule has 0 aliphatic heterocycles. The van der Waals surface area contributed by atoms with E-state index in [0.717, 1.165) is 6.08 Å². The molecular weight excluding hydrogens is 272 g/mol. The molecule has 8 heteroatoms. The van der Waals surface area contributed by atoms with Gasteiger partial charge in [-0.1, -0.05) is 0 Å². The fraction of sp³-hybridized carbons (Fsp3) is 0.182. The van der Waals surface area contributed by atoms with Crippen molar-refractivity contribution in [2.24, 2.45) is 5.14 Å². The van der Waals surface area contributed by atoms with Gasteiger partial charge in [-0.3, -0.25) is 0 Å². The molecule has 0 fully saturated rings. The van der Waals surface area contributed by atoms with Crippen LogP contribution in [0.25, 0.3) is 6.08 Å². The van der Waals surface area contributed by atoms with Gasteiger partial charge in [0.05, 0.1) is 20.3 Å². The molecule has 0 saturated carbocycles. The predicted octanol–water partition coefficient (Wildman–Crippen LogP) is 0.823. The first-order chi connectivity index (χ1) is 8.91. The van der Waals surface area contributed by atoms with Crippen LogP contribution in [-0.2, 0) is 10.3 Å². The van der Waals surface area contributed by atoms with Crippen LogP contribution in [0.2, 0.25) is 0 Å². The molecule has 19 heavy (non-hydrogen) atoms. The molecule has 102 valence electrons. The van der Waals surface area contributed by atoms with Crippen molar-refractivity contribution in [1.82, 2.24) is 0 Å². The first-order valence-corrected chi connectivity index (χ1v) is 6.42. The Kier molecular flexibility index (Phi) is 4.74. The number of hydrogen-bond donors (Lipinski definition) is 1. The van der Waals surface area contributed by atoms with Crippen molar-refractivity contribution in [3.8, 4) is 23.3 Å². The lowest BCUT2D eigenvalue weighted by Crippen LogP contribution is -2.19. The topological polar surface area (TPSA) is 112 Å². The standard InChI is InChI=1S/C11H12N2O5S/c1-16-10-6-8(4-3-5-12)9(7-11(10)17-2)18-19(13,14)15/h3-4,6-7H,1-2H3,(H2,13,14,15)/b4-3+. The van der Waals surface area contributed by atoms with Crippen LogP contribution < -0.4 is 18.8 Å². The van der Waals surface area contributed by atoms with E-state index in [1.54, 1.807) is 6.07 Å². The Morgan fingerprint density at radius 2 is 1.79 bits per heavy atom. The van der Waals surface area contributed by atoms with Gasteiger partial charge in [0.25, 0.3) is 0 Å². The van der Waals surface area contributed by atoms with E-state index in [1.807, 2.05) is 0 Å². The van der Waals surface area contributed by atoms with Crippen molar-refractivity contribution in [2.75, 3.05) is 14.2 Å². The average Bonchev–Trinajstić information content (AvgIpc) is 2.34. The molecule has 1 rings (SSSR count). The normalized spacial score (nSPS) is 11.1. The van der Waals surface area contributed by atoms with E-state index in [-0.39, 0.29) is 11.5 Å². The first kappa shape index (κ1) is 14.8. The highest BCUT2D eigenvalue weighted by molar-refractivity contribution is 7.84. The number of nitrogens with zero attached hydrogens (tertiary/aromatic N) is 1. The number of methoxy groups -OCH3 is 2. The van der Waals surface area contributed by atoms with Gasteiger partial charge in [0.15, 0.2) is 17.2 Å². The Bertz CT molecular complexity index is 631. The van der Waals surface area contributed by atoms with E-state index in [4.69, 9.17) is 19.9 Å². The molecule has 0 aromatic heterocycles. The first-order valence-electron chi connectivity index (χ1n) is 4.95. The zero-order valence-corrected chi connectivity index (χ0v) is 11.1. The van der Waals surface area contributed by atoms with Gasteiger partial charge in [0, 0.05) is 17.7 Å². The van der Waals surface area contributed by atoms with E-state index in [0.29, 0.717) is 11.3 Å². The Balaban J connectivity index is 3.40. The van der Waals surface area contributed by atoms with Crippen molar-refractivity contribution in [3.05, 3.63) is 23.8 Å². The van der Waals surface area contributed by atoms with Crippen LogP contribution in [0.5, 0.6) is 17.2 Å². The van der Waals surface area contributed by atoms with E-state index in [1.165, 1.54) is 32.4 Å². The number of nitriles is 1. The molecule has 2 N–H and O–H groups in total. The summed E-state index contributed by atoms with van der Waals surface area (Å²) < 4.78 is 36.7. The Morgan fingerprint density at radius 3 is 2.26 bits per heavy atom. The maximum Gasteiger partial charge on any atom is 0.380 e. The Hall–Kier alpha value is -2.24. The number of nitrogens with two attached hydrogens (primary N) is 1. The summed E-state index contributed by atoms with van der Waals surface area (Å²) >= 11 is 0. The van der Waals surface area contributed by atoms with Gasteiger partial charge in [-0.2, -0.15) is 18.8 Å². The van der Waals surface area contributed by atoms with Gasteiger partial charge in [-0.15, -0.1) is 0 Å². The Labute approximate surface area is 111 Å². The van der Waals surface area contributed by atoms with E-state index in [2.05, 4.69) is 4.18 Å². The molecule has 0 saturated heterocycles. The van der Waals surface area contributed by atoms with Crippen LogP contribution in [0, 0.1) is 11.3 Å². The zero-order valence-electron chi connectivity index (χ0n) is 10.3. The Morgan fingerprint density at radius 1 is 1.21 bits per heavy atom. The average molecular weight is 284 g/mol. The second-order valence-corrected chi connectivity index (χ2v) is 4.44. The molecule has 0 bridgehead atoms. The van der Waals surface area contributed by atoms with Crippen molar-refractivity contribution >= 4 is 16.4 Å². The minimum Gasteiger partial charge on any atom is -0.493 e. The second-order valence-electron chi connectivity index (χ2n) is 3.28. The molecule has 0 atom stereocenters.